The highest BCUT2D eigenvalue weighted by Gasteiger charge is 2.34. The van der Waals surface area contributed by atoms with Crippen molar-refractivity contribution < 1.29 is 19.1 Å². The van der Waals surface area contributed by atoms with Gasteiger partial charge in [-0.15, -0.1) is 0 Å². The summed E-state index contributed by atoms with van der Waals surface area (Å²) in [6, 6.07) is 24.5. The minimum absolute atomic E-state index is 0.342. The molecule has 0 bridgehead atoms. The molecule has 0 fully saturated rings. The number of hydrogen-bond acceptors (Lipinski definition) is 4. The summed E-state index contributed by atoms with van der Waals surface area (Å²) >= 11 is 0. The highest BCUT2D eigenvalue weighted by molar-refractivity contribution is 6.36. The van der Waals surface area contributed by atoms with Gasteiger partial charge in [0.1, 0.15) is 5.75 Å². The van der Waals surface area contributed by atoms with Crippen molar-refractivity contribution in [2.45, 2.75) is 39.0 Å². The zero-order valence-corrected chi connectivity index (χ0v) is 22.5. The first-order valence-electron chi connectivity index (χ1n) is 13.7. The second-order valence-corrected chi connectivity index (χ2v) is 10.2. The first kappa shape index (κ1) is 25.5. The molecule has 0 radical (unpaired) electrons. The Kier molecular flexibility index (Phi) is 6.64. The molecule has 5 heteroatoms. The minimum atomic E-state index is -0.437. The minimum Gasteiger partial charge on any atom is -0.423 e. The standard InChI is InChI=1S/C35H29NO4/c1-3-22(4-2)23-12-14-24(15-13-23)28-20-21-31-32-29(28)10-7-11-30(32)33(37)36(34(31)38)26-16-18-27(19-17-26)40-35(39)25-8-5-6-9-25/h5,7-22H,3-4,6H2,1-2H3. The summed E-state index contributed by atoms with van der Waals surface area (Å²) in [4.78, 5) is 40.9. The van der Waals surface area contributed by atoms with Crippen molar-refractivity contribution in [2.24, 2.45) is 0 Å². The molecule has 0 aromatic heterocycles. The average molecular weight is 528 g/mol. The quantitative estimate of drug-likeness (QED) is 0.139. The van der Waals surface area contributed by atoms with Gasteiger partial charge in [0.25, 0.3) is 11.8 Å². The third kappa shape index (κ3) is 4.34. The predicted octanol–water partition coefficient (Wildman–Crippen LogP) is 8.00. The second kappa shape index (κ2) is 10.4. The van der Waals surface area contributed by atoms with E-state index >= 15 is 0 Å². The van der Waals surface area contributed by atoms with Gasteiger partial charge in [0, 0.05) is 16.5 Å². The van der Waals surface area contributed by atoms with Crippen LogP contribution in [0.25, 0.3) is 21.9 Å². The molecule has 2 amide bonds. The largest absolute Gasteiger partial charge is 0.423 e. The number of benzene rings is 4. The monoisotopic (exact) mass is 527 g/mol. The number of rotatable bonds is 7. The average Bonchev–Trinajstić information content (AvgIpc) is 3.53. The first-order chi connectivity index (χ1) is 19.5. The van der Waals surface area contributed by atoms with Gasteiger partial charge >= 0.3 is 5.97 Å². The molecule has 0 spiro atoms. The van der Waals surface area contributed by atoms with E-state index in [1.165, 1.54) is 10.5 Å². The van der Waals surface area contributed by atoms with E-state index in [1.807, 2.05) is 30.3 Å². The number of ether oxygens (including phenoxy) is 1. The van der Waals surface area contributed by atoms with E-state index in [1.54, 1.807) is 42.5 Å². The fourth-order valence-electron chi connectivity index (χ4n) is 5.72. The molecule has 6 rings (SSSR count). The highest BCUT2D eigenvalue weighted by atomic mass is 16.5. The Bertz CT molecular complexity index is 1690. The van der Waals surface area contributed by atoms with E-state index < -0.39 is 5.97 Å². The zero-order chi connectivity index (χ0) is 27.8. The summed E-state index contributed by atoms with van der Waals surface area (Å²) in [6.07, 6.45) is 8.33. The summed E-state index contributed by atoms with van der Waals surface area (Å²) in [7, 11) is 0. The molecule has 2 aliphatic rings. The molecule has 0 unspecified atom stereocenters. The van der Waals surface area contributed by atoms with Gasteiger partial charge in [-0.25, -0.2) is 9.69 Å². The van der Waals surface area contributed by atoms with Crippen molar-refractivity contribution in [2.75, 3.05) is 4.90 Å². The van der Waals surface area contributed by atoms with Crippen molar-refractivity contribution >= 4 is 34.2 Å². The Labute approximate surface area is 233 Å². The third-order valence-electron chi connectivity index (χ3n) is 7.90. The van der Waals surface area contributed by atoms with Crippen molar-refractivity contribution in [3.8, 4) is 16.9 Å². The van der Waals surface area contributed by atoms with Gasteiger partial charge in [-0.05, 0) is 83.7 Å². The molecule has 40 heavy (non-hydrogen) atoms. The van der Waals surface area contributed by atoms with E-state index in [0.29, 0.717) is 45.9 Å². The molecule has 4 aromatic carbocycles. The lowest BCUT2D eigenvalue weighted by Crippen LogP contribution is -2.40. The topological polar surface area (TPSA) is 63.7 Å². The van der Waals surface area contributed by atoms with E-state index in [0.717, 1.165) is 29.4 Å². The van der Waals surface area contributed by atoms with Crippen LogP contribution in [-0.4, -0.2) is 17.8 Å². The Hall–Kier alpha value is -4.77. The number of nitrogens with zero attached hydrogens (tertiary/aromatic N) is 1. The summed E-state index contributed by atoms with van der Waals surface area (Å²) < 4.78 is 5.44. The molecule has 0 N–H and O–H groups in total. The number of hydrogen-bond donors (Lipinski definition) is 0. The van der Waals surface area contributed by atoms with Crippen LogP contribution in [0, 0.1) is 0 Å². The summed E-state index contributed by atoms with van der Waals surface area (Å²) in [5, 5.41) is 1.56. The normalized spacial score (nSPS) is 14.3. The molecule has 198 valence electrons. The number of carbonyl (C=O) groups is 3. The van der Waals surface area contributed by atoms with Gasteiger partial charge < -0.3 is 4.74 Å². The molecule has 1 aliphatic heterocycles. The van der Waals surface area contributed by atoms with Gasteiger partial charge in [0.05, 0.1) is 11.3 Å². The van der Waals surface area contributed by atoms with E-state index in [-0.39, 0.29) is 11.8 Å². The van der Waals surface area contributed by atoms with Crippen molar-refractivity contribution in [1.82, 2.24) is 0 Å². The lowest BCUT2D eigenvalue weighted by Gasteiger charge is -2.28. The lowest BCUT2D eigenvalue weighted by atomic mass is 9.87. The first-order valence-corrected chi connectivity index (χ1v) is 13.7. The molecule has 0 saturated heterocycles. The van der Waals surface area contributed by atoms with E-state index in [2.05, 4.69) is 38.1 Å². The second-order valence-electron chi connectivity index (χ2n) is 10.2. The predicted molar refractivity (Wildman–Crippen MR) is 158 cm³/mol. The van der Waals surface area contributed by atoms with Crippen molar-refractivity contribution in [3.63, 3.8) is 0 Å². The van der Waals surface area contributed by atoms with Crippen LogP contribution in [0.5, 0.6) is 5.75 Å². The maximum atomic E-state index is 13.7. The molecule has 0 saturated carbocycles. The molecule has 1 aliphatic carbocycles. The van der Waals surface area contributed by atoms with Crippen LogP contribution in [-0.2, 0) is 4.79 Å². The molecule has 4 aromatic rings. The zero-order valence-electron chi connectivity index (χ0n) is 22.5. The summed E-state index contributed by atoms with van der Waals surface area (Å²) in [6.45, 7) is 4.42. The van der Waals surface area contributed by atoms with Crippen LogP contribution >= 0.6 is 0 Å². The number of anilines is 1. The fraction of sp³-hybridized carbons (Fsp3) is 0.171. The summed E-state index contributed by atoms with van der Waals surface area (Å²) in [5.74, 6) is -0.317. The third-order valence-corrected chi connectivity index (χ3v) is 7.90. The molecule has 5 nitrogen and oxygen atoms in total. The van der Waals surface area contributed by atoms with Crippen LogP contribution < -0.4 is 9.64 Å². The Balaban J connectivity index is 1.32. The number of esters is 1. The Morgan fingerprint density at radius 3 is 2.15 bits per heavy atom. The van der Waals surface area contributed by atoms with Crippen molar-refractivity contribution in [3.05, 3.63) is 119 Å². The number of carbonyl (C=O) groups excluding carboxylic acids is 3. The van der Waals surface area contributed by atoms with Gasteiger partial charge in [0.15, 0.2) is 0 Å². The maximum absolute atomic E-state index is 13.7. The van der Waals surface area contributed by atoms with Crippen LogP contribution in [0.2, 0.25) is 0 Å². The number of imide groups is 1. The Morgan fingerprint density at radius 2 is 1.50 bits per heavy atom. The van der Waals surface area contributed by atoms with Gasteiger partial charge in [-0.2, -0.15) is 0 Å². The van der Waals surface area contributed by atoms with Crippen LogP contribution in [0.3, 0.4) is 0 Å². The Morgan fingerprint density at radius 1 is 0.825 bits per heavy atom. The number of allylic oxidation sites excluding steroid dienone is 2. The number of amides is 2. The lowest BCUT2D eigenvalue weighted by molar-refractivity contribution is -0.129. The van der Waals surface area contributed by atoms with Gasteiger partial charge in [-0.3, -0.25) is 9.59 Å². The van der Waals surface area contributed by atoms with E-state index in [4.69, 9.17) is 4.74 Å². The molecular formula is C35H29NO4. The van der Waals surface area contributed by atoms with Crippen LogP contribution in [0.4, 0.5) is 5.69 Å². The van der Waals surface area contributed by atoms with Crippen LogP contribution in [0.1, 0.15) is 65.3 Å². The summed E-state index contributed by atoms with van der Waals surface area (Å²) in [5.41, 5.74) is 5.26. The smallest absolute Gasteiger partial charge is 0.343 e. The fourth-order valence-corrected chi connectivity index (χ4v) is 5.72. The van der Waals surface area contributed by atoms with Crippen LogP contribution in [0.15, 0.2) is 103 Å². The van der Waals surface area contributed by atoms with E-state index in [9.17, 15) is 14.4 Å². The van der Waals surface area contributed by atoms with Gasteiger partial charge in [-0.1, -0.05) is 74.5 Å². The molecular weight excluding hydrogens is 498 g/mol. The molecule has 1 heterocycles. The SMILES string of the molecule is CCC(CC)c1ccc(-c2ccc3c4c(cccc24)C(=O)N(c2ccc(OC(=O)C4=CCC=C4)cc2)C3=O)cc1. The molecule has 0 atom stereocenters. The highest BCUT2D eigenvalue weighted by Crippen LogP contribution is 2.38. The van der Waals surface area contributed by atoms with Gasteiger partial charge in [0.2, 0.25) is 0 Å². The maximum Gasteiger partial charge on any atom is 0.343 e. The van der Waals surface area contributed by atoms with Crippen molar-refractivity contribution in [1.29, 1.82) is 0 Å².